The van der Waals surface area contributed by atoms with Crippen LogP contribution in [-0.2, 0) is 0 Å². The van der Waals surface area contributed by atoms with Gasteiger partial charge in [-0.05, 0) is 24.3 Å². The van der Waals surface area contributed by atoms with Crippen LogP contribution in [0.4, 0.5) is 8.78 Å². The number of alkyl halides is 1. The summed E-state index contributed by atoms with van der Waals surface area (Å²) in [6, 6.07) is 0. The van der Waals surface area contributed by atoms with E-state index < -0.39 is 11.6 Å². The highest BCUT2D eigenvalue weighted by atomic mass is 19.2. The monoisotopic (exact) mass is 227 g/mol. The van der Waals surface area contributed by atoms with Crippen LogP contribution in [-0.4, -0.2) is 23.8 Å². The zero-order valence-corrected chi connectivity index (χ0v) is 9.97. The van der Waals surface area contributed by atoms with Gasteiger partial charge in [-0.3, -0.25) is 4.90 Å². The van der Waals surface area contributed by atoms with Crippen LogP contribution < -0.4 is 0 Å². The number of nitrogens with zero attached hydrogens (tertiary/aromatic N) is 1. The second-order valence-electron chi connectivity index (χ2n) is 5.56. The first-order chi connectivity index (χ1) is 7.44. The average molecular weight is 227 g/mol. The summed E-state index contributed by atoms with van der Waals surface area (Å²) in [5.41, 5.74) is 0.261. The molecule has 1 unspecified atom stereocenters. The summed E-state index contributed by atoms with van der Waals surface area (Å²) in [7, 11) is 0. The molecule has 16 heavy (non-hydrogen) atoms. The quantitative estimate of drug-likeness (QED) is 0.619. The number of allylic oxidation sites excluding steroid dienone is 2. The van der Waals surface area contributed by atoms with Gasteiger partial charge in [0.15, 0.2) is 5.83 Å². The minimum Gasteiger partial charge on any atom is -0.265 e. The second kappa shape index (κ2) is 3.95. The predicted molar refractivity (Wildman–Crippen MR) is 61.4 cm³/mol. The Hall–Kier alpha value is -0.700. The van der Waals surface area contributed by atoms with Gasteiger partial charge in [0.25, 0.3) is 0 Å². The molecule has 0 spiro atoms. The van der Waals surface area contributed by atoms with E-state index in [-0.39, 0.29) is 11.8 Å². The van der Waals surface area contributed by atoms with Crippen molar-refractivity contribution in [3.63, 3.8) is 0 Å². The Morgan fingerprint density at radius 1 is 1.25 bits per heavy atom. The molecule has 90 valence electrons. The van der Waals surface area contributed by atoms with Crippen molar-refractivity contribution in [3.8, 4) is 0 Å². The number of halogens is 2. The zero-order valence-electron chi connectivity index (χ0n) is 9.97. The average Bonchev–Trinajstić information content (AvgIpc) is 2.22. The highest BCUT2D eigenvalue weighted by Crippen LogP contribution is 2.39. The third-order valence-electron chi connectivity index (χ3n) is 3.75. The van der Waals surface area contributed by atoms with E-state index in [2.05, 4.69) is 13.8 Å². The lowest BCUT2D eigenvalue weighted by Gasteiger charge is -2.43. The van der Waals surface area contributed by atoms with Crippen LogP contribution in [0.2, 0.25) is 0 Å². The largest absolute Gasteiger partial charge is 0.265 e. The minimum absolute atomic E-state index is 0.135. The molecule has 1 nitrogen and oxygen atoms in total. The molecule has 1 atom stereocenters. The molecule has 1 saturated heterocycles. The highest BCUT2D eigenvalue weighted by molar-refractivity contribution is 5.23. The molecule has 2 aliphatic rings. The van der Waals surface area contributed by atoms with Crippen LogP contribution in [0.3, 0.4) is 0 Å². The Morgan fingerprint density at radius 2 is 1.88 bits per heavy atom. The van der Waals surface area contributed by atoms with E-state index in [1.54, 1.807) is 17.1 Å². The summed E-state index contributed by atoms with van der Waals surface area (Å²) in [6.45, 7) is 5.64. The van der Waals surface area contributed by atoms with Crippen molar-refractivity contribution in [2.45, 2.75) is 38.9 Å². The molecule has 0 amide bonds. The molecule has 0 saturated carbocycles. The van der Waals surface area contributed by atoms with Crippen LogP contribution in [0.1, 0.15) is 33.1 Å². The number of likely N-dealkylation sites (tertiary alicyclic amines) is 1. The molecule has 0 N–H and O–H groups in total. The molecule has 0 aromatic carbocycles. The molecular weight excluding hydrogens is 208 g/mol. The van der Waals surface area contributed by atoms with E-state index in [1.807, 2.05) is 0 Å². The number of hydrogen-bond donors (Lipinski definition) is 0. The number of hydrogen-bond acceptors (Lipinski definition) is 1. The molecule has 3 heteroatoms. The lowest BCUT2D eigenvalue weighted by molar-refractivity contribution is -0.0491. The van der Waals surface area contributed by atoms with Gasteiger partial charge < -0.3 is 0 Å². The zero-order chi connectivity index (χ0) is 11.8. The summed E-state index contributed by atoms with van der Waals surface area (Å²) in [6.07, 6.45) is 6.51. The van der Waals surface area contributed by atoms with Crippen LogP contribution in [0.15, 0.2) is 24.1 Å². The molecule has 1 aliphatic carbocycles. The smallest absolute Gasteiger partial charge is 0.219 e. The minimum atomic E-state index is -1.88. The van der Waals surface area contributed by atoms with Crippen LogP contribution in [0.25, 0.3) is 0 Å². The standard InChI is InChI=1S/C13H19F2N/c1-12(2)7-9-16(10-8-12)13(15)6-4-3-5-11(13)14/h3-5H,6-10H2,1-2H3. The summed E-state index contributed by atoms with van der Waals surface area (Å²) in [5, 5.41) is 0. The fraction of sp³-hybridized carbons (Fsp3) is 0.692. The van der Waals surface area contributed by atoms with Gasteiger partial charge in [0.1, 0.15) is 0 Å². The second-order valence-corrected chi connectivity index (χ2v) is 5.56. The molecular formula is C13H19F2N. The molecule has 0 aromatic heterocycles. The van der Waals surface area contributed by atoms with Crippen LogP contribution in [0.5, 0.6) is 0 Å². The van der Waals surface area contributed by atoms with Gasteiger partial charge in [-0.15, -0.1) is 0 Å². The van der Waals surface area contributed by atoms with Gasteiger partial charge >= 0.3 is 0 Å². The number of rotatable bonds is 1. The van der Waals surface area contributed by atoms with E-state index in [9.17, 15) is 8.78 Å². The van der Waals surface area contributed by atoms with E-state index in [4.69, 9.17) is 0 Å². The van der Waals surface area contributed by atoms with Crippen molar-refractivity contribution in [3.05, 3.63) is 24.1 Å². The summed E-state index contributed by atoms with van der Waals surface area (Å²) in [4.78, 5) is 1.65. The van der Waals surface area contributed by atoms with Gasteiger partial charge in [0.2, 0.25) is 5.79 Å². The van der Waals surface area contributed by atoms with Crippen molar-refractivity contribution in [1.29, 1.82) is 0 Å². The van der Waals surface area contributed by atoms with E-state index in [0.717, 1.165) is 12.8 Å². The van der Waals surface area contributed by atoms with E-state index in [1.165, 1.54) is 6.08 Å². The molecule has 0 aromatic rings. The van der Waals surface area contributed by atoms with Gasteiger partial charge in [-0.2, -0.15) is 0 Å². The van der Waals surface area contributed by atoms with Crippen LogP contribution >= 0.6 is 0 Å². The number of piperidine rings is 1. The maximum atomic E-state index is 14.5. The van der Waals surface area contributed by atoms with Crippen molar-refractivity contribution in [2.24, 2.45) is 5.41 Å². The Bertz CT molecular complexity index is 323. The summed E-state index contributed by atoms with van der Waals surface area (Å²) >= 11 is 0. The Kier molecular flexibility index (Phi) is 2.91. The molecule has 1 aliphatic heterocycles. The molecule has 0 bridgehead atoms. The lowest BCUT2D eigenvalue weighted by atomic mass is 9.81. The van der Waals surface area contributed by atoms with Crippen molar-refractivity contribution >= 4 is 0 Å². The first-order valence-electron chi connectivity index (χ1n) is 5.91. The Labute approximate surface area is 95.8 Å². The van der Waals surface area contributed by atoms with Crippen LogP contribution in [0, 0.1) is 5.41 Å². The fourth-order valence-electron chi connectivity index (χ4n) is 2.35. The van der Waals surface area contributed by atoms with E-state index in [0.29, 0.717) is 13.1 Å². The van der Waals surface area contributed by atoms with Gasteiger partial charge in [-0.1, -0.05) is 26.0 Å². The third kappa shape index (κ3) is 2.05. The predicted octanol–water partition coefficient (Wildman–Crippen LogP) is 3.59. The van der Waals surface area contributed by atoms with Gasteiger partial charge in [-0.25, -0.2) is 8.78 Å². The summed E-state index contributed by atoms with van der Waals surface area (Å²) < 4.78 is 28.1. The third-order valence-corrected chi connectivity index (χ3v) is 3.75. The molecule has 0 radical (unpaired) electrons. The Balaban J connectivity index is 2.09. The fourth-order valence-corrected chi connectivity index (χ4v) is 2.35. The Morgan fingerprint density at radius 3 is 2.44 bits per heavy atom. The lowest BCUT2D eigenvalue weighted by Crippen LogP contribution is -2.51. The van der Waals surface area contributed by atoms with Crippen molar-refractivity contribution < 1.29 is 8.78 Å². The normalized spacial score (nSPS) is 34.9. The maximum absolute atomic E-state index is 14.5. The molecule has 2 rings (SSSR count). The first kappa shape index (κ1) is 11.8. The topological polar surface area (TPSA) is 3.24 Å². The summed E-state index contributed by atoms with van der Waals surface area (Å²) in [5.74, 6) is -2.53. The highest BCUT2D eigenvalue weighted by Gasteiger charge is 2.43. The van der Waals surface area contributed by atoms with Gasteiger partial charge in [0, 0.05) is 19.5 Å². The first-order valence-corrected chi connectivity index (χ1v) is 5.91. The molecule has 1 fully saturated rings. The SMILES string of the molecule is CC1(C)CCN(C2(F)CC=CC=C2F)CC1. The van der Waals surface area contributed by atoms with E-state index >= 15 is 0 Å². The van der Waals surface area contributed by atoms with Gasteiger partial charge in [0.05, 0.1) is 0 Å². The van der Waals surface area contributed by atoms with Crippen molar-refractivity contribution in [1.82, 2.24) is 4.90 Å². The maximum Gasteiger partial charge on any atom is 0.219 e. The van der Waals surface area contributed by atoms with Crippen molar-refractivity contribution in [2.75, 3.05) is 13.1 Å². The molecule has 1 heterocycles.